The van der Waals surface area contributed by atoms with E-state index in [9.17, 15) is 0 Å². The molecule has 0 radical (unpaired) electrons. The molecule has 0 nitrogen and oxygen atoms in total. The van der Waals surface area contributed by atoms with E-state index in [1.807, 2.05) is 0 Å². The molecule has 8 aromatic rings. The Morgan fingerprint density at radius 2 is 1.12 bits per heavy atom. The van der Waals surface area contributed by atoms with Gasteiger partial charge in [-0.2, -0.15) is 0 Å². The first kappa shape index (κ1) is 33.7. The first-order chi connectivity index (χ1) is 27.6. The van der Waals surface area contributed by atoms with Gasteiger partial charge >= 0.3 is 0 Å². The second kappa shape index (κ2) is 13.2. The highest BCUT2D eigenvalue weighted by Gasteiger charge is 2.44. The van der Waals surface area contributed by atoms with Crippen LogP contribution in [0, 0.1) is 19.8 Å². The Balaban J connectivity index is 1.08. The van der Waals surface area contributed by atoms with Crippen molar-refractivity contribution in [2.75, 3.05) is 0 Å². The van der Waals surface area contributed by atoms with E-state index < -0.39 is 0 Å². The molecule has 8 aromatic carbocycles. The molecule has 0 spiro atoms. The van der Waals surface area contributed by atoms with Crippen molar-refractivity contribution in [2.45, 2.75) is 55.6 Å². The summed E-state index contributed by atoms with van der Waals surface area (Å²) in [5.41, 5.74) is 16.8. The molecule has 0 saturated carbocycles. The Labute approximate surface area is 334 Å². The predicted octanol–water partition coefficient (Wildman–Crippen LogP) is 15.3. The lowest BCUT2D eigenvalue weighted by molar-refractivity contribution is 0.480. The average Bonchev–Trinajstić information content (AvgIpc) is 3.61. The van der Waals surface area contributed by atoms with Crippen LogP contribution in [0.4, 0.5) is 0 Å². The minimum atomic E-state index is 0.381. The smallest absolute Gasteiger partial charge is 0.0273 e. The van der Waals surface area contributed by atoms with Gasteiger partial charge in [0.2, 0.25) is 0 Å². The number of aryl methyl sites for hydroxylation is 2. The zero-order valence-corrected chi connectivity index (χ0v) is 33.0. The quantitative estimate of drug-likeness (QED) is 0.128. The van der Waals surface area contributed by atoms with E-state index in [4.69, 9.17) is 0 Å². The maximum Gasteiger partial charge on any atom is 0.0273 e. The highest BCUT2D eigenvalue weighted by atomic mass is 32.2. The van der Waals surface area contributed by atoms with E-state index in [1.54, 1.807) is 11.1 Å². The zero-order chi connectivity index (χ0) is 37.5. The fourth-order valence-electron chi connectivity index (χ4n) is 10.8. The summed E-state index contributed by atoms with van der Waals surface area (Å²) in [4.78, 5) is 1.44. The fourth-order valence-corrected chi connectivity index (χ4v) is 12.5. The number of hydrogen-bond donors (Lipinski definition) is 0. The Hall–Kier alpha value is -5.63. The molecule has 56 heavy (non-hydrogen) atoms. The van der Waals surface area contributed by atoms with Crippen LogP contribution in [0.5, 0.6) is 0 Å². The van der Waals surface area contributed by atoms with Crippen molar-refractivity contribution in [1.29, 1.82) is 0 Å². The highest BCUT2D eigenvalue weighted by molar-refractivity contribution is 8.00. The maximum atomic E-state index is 2.55. The van der Waals surface area contributed by atoms with E-state index in [2.05, 4.69) is 196 Å². The molecule has 4 atom stereocenters. The second-order valence-corrected chi connectivity index (χ2v) is 17.5. The molecule has 270 valence electrons. The number of benzene rings is 8. The van der Waals surface area contributed by atoms with Crippen LogP contribution in [0.15, 0.2) is 163 Å². The molecule has 0 aromatic heterocycles. The standard InChI is InChI=1S/C55H44S/c1-33-16-15-17-34(2)49(33)53-43-24-11-13-26-45(43)54(46-27-14-12-25-44(46)53)50-35(3)28-30-47-38-31-29-37(32-48(38)56-55(47)50)52-41-22-9-7-20-39(41)51(36-18-5-4-6-19-36)40-21-8-10-23-42(40)52/h4-13,15-26,28-32,35,47,50,55H,14,27H2,1-3H3/t35?,47?,50?,55-/m1/s1. The number of thioether (sulfide) groups is 1. The second-order valence-electron chi connectivity index (χ2n) is 16.3. The highest BCUT2D eigenvalue weighted by Crippen LogP contribution is 2.59. The topological polar surface area (TPSA) is 0 Å². The molecular weight excluding hydrogens is 693 g/mol. The van der Waals surface area contributed by atoms with E-state index >= 15 is 0 Å². The zero-order valence-electron chi connectivity index (χ0n) is 32.2. The van der Waals surface area contributed by atoms with Gasteiger partial charge in [0.15, 0.2) is 0 Å². The van der Waals surface area contributed by atoms with Crippen LogP contribution in [0.3, 0.4) is 0 Å². The molecule has 0 saturated heterocycles. The Kier molecular flexibility index (Phi) is 7.97. The summed E-state index contributed by atoms with van der Waals surface area (Å²) in [6.45, 7) is 7.04. The number of rotatable bonds is 4. The van der Waals surface area contributed by atoms with Crippen molar-refractivity contribution in [3.63, 3.8) is 0 Å². The third kappa shape index (κ3) is 5.07. The van der Waals surface area contributed by atoms with Crippen molar-refractivity contribution in [2.24, 2.45) is 5.92 Å². The van der Waals surface area contributed by atoms with E-state index in [1.165, 1.54) is 92.8 Å². The number of hydrogen-bond acceptors (Lipinski definition) is 1. The first-order valence-corrected chi connectivity index (χ1v) is 21.2. The predicted molar refractivity (Wildman–Crippen MR) is 242 cm³/mol. The average molecular weight is 737 g/mol. The molecule has 1 heteroatoms. The molecule has 0 amide bonds. The van der Waals surface area contributed by atoms with Gasteiger partial charge in [0.25, 0.3) is 0 Å². The summed E-state index contributed by atoms with van der Waals surface area (Å²) in [6.07, 6.45) is 12.1. The van der Waals surface area contributed by atoms with Gasteiger partial charge in [0.1, 0.15) is 0 Å². The van der Waals surface area contributed by atoms with Crippen LogP contribution in [-0.2, 0) is 6.42 Å². The third-order valence-electron chi connectivity index (χ3n) is 13.1. The van der Waals surface area contributed by atoms with Gasteiger partial charge in [-0.15, -0.1) is 11.8 Å². The lowest BCUT2D eigenvalue weighted by Crippen LogP contribution is -2.29. The van der Waals surface area contributed by atoms with Gasteiger partial charge in [0.05, 0.1) is 0 Å². The minimum Gasteiger partial charge on any atom is -0.121 e. The van der Waals surface area contributed by atoms with Gasteiger partial charge < -0.3 is 0 Å². The minimum absolute atomic E-state index is 0.381. The monoisotopic (exact) mass is 736 g/mol. The Morgan fingerprint density at radius 3 is 1.79 bits per heavy atom. The molecule has 3 unspecified atom stereocenters. The van der Waals surface area contributed by atoms with Crippen LogP contribution in [0.25, 0.3) is 71.8 Å². The maximum absolute atomic E-state index is 2.55. The molecule has 0 N–H and O–H groups in total. The van der Waals surface area contributed by atoms with Crippen LogP contribution in [0.2, 0.25) is 0 Å². The molecule has 0 fully saturated rings. The van der Waals surface area contributed by atoms with Crippen LogP contribution >= 0.6 is 11.8 Å². The van der Waals surface area contributed by atoms with Crippen LogP contribution in [-0.4, -0.2) is 5.25 Å². The fraction of sp³-hybridized carbons (Fsp3) is 0.164. The van der Waals surface area contributed by atoms with E-state index in [-0.39, 0.29) is 0 Å². The summed E-state index contributed by atoms with van der Waals surface area (Å²) in [6, 6.07) is 52.5. The Morgan fingerprint density at radius 1 is 0.536 bits per heavy atom. The summed E-state index contributed by atoms with van der Waals surface area (Å²) >= 11 is 2.14. The van der Waals surface area contributed by atoms with Gasteiger partial charge in [0, 0.05) is 22.0 Å². The molecule has 1 heterocycles. The summed E-state index contributed by atoms with van der Waals surface area (Å²) in [5.74, 6) is 1.21. The van der Waals surface area contributed by atoms with E-state index in [0.29, 0.717) is 23.0 Å². The molecule has 3 aliphatic rings. The normalized spacial score (nSPS) is 19.7. The Bertz CT molecular complexity index is 2870. The summed E-state index contributed by atoms with van der Waals surface area (Å²) in [7, 11) is 0. The first-order valence-electron chi connectivity index (χ1n) is 20.4. The lowest BCUT2D eigenvalue weighted by Gasteiger charge is -2.38. The van der Waals surface area contributed by atoms with Crippen molar-refractivity contribution in [3.05, 3.63) is 191 Å². The van der Waals surface area contributed by atoms with Crippen molar-refractivity contribution < 1.29 is 0 Å². The number of fused-ring (bicyclic) bond motifs is 7. The third-order valence-corrected chi connectivity index (χ3v) is 14.6. The van der Waals surface area contributed by atoms with Crippen LogP contribution in [0.1, 0.15) is 58.6 Å². The van der Waals surface area contributed by atoms with Gasteiger partial charge in [-0.3, -0.25) is 0 Å². The SMILES string of the molecule is Cc1cccc(C)c1-c1c2c(c(C3C(C)C=CC4c5ccc(-c6c7ccccc7c(-c7ccccc7)c7ccccc67)cc5S[C@H]43)c3ccccc13)CCC=C2. The molecule has 0 bridgehead atoms. The van der Waals surface area contributed by atoms with Crippen molar-refractivity contribution in [3.8, 4) is 33.4 Å². The van der Waals surface area contributed by atoms with E-state index in [0.717, 1.165) is 12.8 Å². The lowest BCUT2D eigenvalue weighted by atomic mass is 9.69. The molecular formula is C55H44S. The van der Waals surface area contributed by atoms with Crippen LogP contribution < -0.4 is 0 Å². The van der Waals surface area contributed by atoms with Crippen molar-refractivity contribution in [1.82, 2.24) is 0 Å². The largest absolute Gasteiger partial charge is 0.121 e. The van der Waals surface area contributed by atoms with Gasteiger partial charge in [-0.05, 0) is 138 Å². The molecule has 2 aliphatic carbocycles. The van der Waals surface area contributed by atoms with Gasteiger partial charge in [-0.1, -0.05) is 165 Å². The molecule has 11 rings (SSSR count). The van der Waals surface area contributed by atoms with Gasteiger partial charge in [-0.25, -0.2) is 0 Å². The van der Waals surface area contributed by atoms with Crippen molar-refractivity contribution >= 4 is 50.2 Å². The molecule has 1 aliphatic heterocycles. The number of allylic oxidation sites excluding steroid dienone is 3. The summed E-state index contributed by atoms with van der Waals surface area (Å²) in [5, 5.41) is 8.50. The summed E-state index contributed by atoms with van der Waals surface area (Å²) < 4.78 is 0.